The molecule has 52 valence electrons. The van der Waals surface area contributed by atoms with E-state index in [1.165, 1.54) is 4.57 Å². The number of nitrogens with zero attached hydrogens (tertiary/aromatic N) is 3. The predicted octanol–water partition coefficient (Wildman–Crippen LogP) is 1.32. The molecule has 0 amide bonds. The van der Waals surface area contributed by atoms with E-state index in [0.717, 1.165) is 11.1 Å². The fourth-order valence-corrected chi connectivity index (χ4v) is 1.01. The van der Waals surface area contributed by atoms with Crippen LogP contribution in [0, 0.1) is 11.5 Å². The van der Waals surface area contributed by atoms with Crippen LogP contribution in [0.15, 0.2) is 30.9 Å². The first-order valence-corrected chi connectivity index (χ1v) is 3.22. The van der Waals surface area contributed by atoms with Crippen molar-refractivity contribution in [1.82, 2.24) is 9.55 Å². The van der Waals surface area contributed by atoms with Crippen LogP contribution in [0.4, 0.5) is 0 Å². The van der Waals surface area contributed by atoms with Gasteiger partial charge in [0.15, 0.2) is 6.19 Å². The molecule has 11 heavy (non-hydrogen) atoms. The van der Waals surface area contributed by atoms with Gasteiger partial charge in [-0.25, -0.2) is 0 Å². The number of hydrogen-bond acceptors (Lipinski definition) is 2. The third kappa shape index (κ3) is 0.849. The molecule has 2 heterocycles. The van der Waals surface area contributed by atoms with Crippen LogP contribution in [-0.2, 0) is 0 Å². The number of hydrogen-bond donors (Lipinski definition) is 0. The van der Waals surface area contributed by atoms with Crippen LogP contribution in [-0.4, -0.2) is 9.55 Å². The average molecular weight is 143 g/mol. The van der Waals surface area contributed by atoms with Crippen molar-refractivity contribution >= 4 is 0 Å². The van der Waals surface area contributed by atoms with Crippen LogP contribution in [0.3, 0.4) is 0 Å². The van der Waals surface area contributed by atoms with Crippen molar-refractivity contribution in [3.8, 4) is 17.3 Å². The number of fused-ring (bicyclic) bond motifs is 1. The van der Waals surface area contributed by atoms with Crippen molar-refractivity contribution in [1.29, 1.82) is 5.26 Å². The lowest BCUT2D eigenvalue weighted by molar-refractivity contribution is 1.07. The van der Waals surface area contributed by atoms with Crippen LogP contribution in [0.25, 0.3) is 11.1 Å². The second-order valence-electron chi connectivity index (χ2n) is 2.27. The summed E-state index contributed by atoms with van der Waals surface area (Å²) in [5.41, 5.74) is 2.06. The number of rotatable bonds is 0. The van der Waals surface area contributed by atoms with Crippen molar-refractivity contribution < 1.29 is 0 Å². The van der Waals surface area contributed by atoms with E-state index in [2.05, 4.69) is 4.98 Å². The summed E-state index contributed by atoms with van der Waals surface area (Å²) in [6.45, 7) is 0. The monoisotopic (exact) mass is 143 g/mol. The Balaban J connectivity index is 2.71. The zero-order valence-corrected chi connectivity index (χ0v) is 5.73. The fraction of sp³-hybridized carbons (Fsp3) is 0. The second-order valence-corrected chi connectivity index (χ2v) is 2.27. The molecule has 0 saturated carbocycles. The average Bonchev–Trinajstić information content (AvgIpc) is 2.50. The minimum Gasteiger partial charge on any atom is -0.263 e. The molecule has 0 atom stereocenters. The molecule has 3 nitrogen and oxygen atoms in total. The molecule has 0 radical (unpaired) electrons. The van der Waals surface area contributed by atoms with E-state index in [0.29, 0.717) is 0 Å². The Labute approximate surface area is 63.9 Å². The summed E-state index contributed by atoms with van der Waals surface area (Å²) >= 11 is 0. The van der Waals surface area contributed by atoms with Gasteiger partial charge in [-0.3, -0.25) is 9.55 Å². The molecule has 2 aliphatic heterocycles. The van der Waals surface area contributed by atoms with Crippen LogP contribution >= 0.6 is 0 Å². The predicted molar refractivity (Wildman–Crippen MR) is 39.9 cm³/mol. The van der Waals surface area contributed by atoms with Gasteiger partial charge in [-0.2, -0.15) is 5.26 Å². The molecule has 0 spiro atoms. The summed E-state index contributed by atoms with van der Waals surface area (Å²) in [6, 6.07) is 1.87. The van der Waals surface area contributed by atoms with Gasteiger partial charge in [0, 0.05) is 35.9 Å². The van der Waals surface area contributed by atoms with Crippen molar-refractivity contribution in [2.75, 3.05) is 0 Å². The molecule has 2 rings (SSSR count). The quantitative estimate of drug-likeness (QED) is 0.558. The summed E-state index contributed by atoms with van der Waals surface area (Å²) in [5, 5.41) is 8.53. The van der Waals surface area contributed by atoms with Gasteiger partial charge in [0.25, 0.3) is 0 Å². The Morgan fingerprint density at radius 3 is 3.00 bits per heavy atom. The van der Waals surface area contributed by atoms with E-state index in [1.54, 1.807) is 24.8 Å². The smallest absolute Gasteiger partial charge is 0.188 e. The standard InChI is InChI=1S/C8H5N3/c9-6-11-2-1-7-3-10-4-8(7)5-11/h1-5H. The highest BCUT2D eigenvalue weighted by Crippen LogP contribution is 2.18. The molecular formula is C8H5N3. The van der Waals surface area contributed by atoms with Gasteiger partial charge < -0.3 is 0 Å². The maximum atomic E-state index is 8.53. The first-order valence-electron chi connectivity index (χ1n) is 3.22. The first-order chi connectivity index (χ1) is 5.40. The van der Waals surface area contributed by atoms with Crippen LogP contribution in [0.2, 0.25) is 0 Å². The Bertz CT molecular complexity index is 383. The maximum absolute atomic E-state index is 8.53. The lowest BCUT2D eigenvalue weighted by atomic mass is 10.2. The highest BCUT2D eigenvalue weighted by molar-refractivity contribution is 5.62. The molecule has 3 heteroatoms. The molecular weight excluding hydrogens is 138 g/mol. The molecule has 2 aliphatic rings. The Hall–Kier alpha value is -1.82. The molecule has 0 unspecified atom stereocenters. The largest absolute Gasteiger partial charge is 0.263 e. The Morgan fingerprint density at radius 2 is 2.18 bits per heavy atom. The van der Waals surface area contributed by atoms with Crippen LogP contribution < -0.4 is 0 Å². The van der Waals surface area contributed by atoms with Gasteiger partial charge in [0.05, 0.1) is 0 Å². The van der Waals surface area contributed by atoms with E-state index in [4.69, 9.17) is 5.26 Å². The first kappa shape index (κ1) is 5.93. The summed E-state index contributed by atoms with van der Waals surface area (Å²) in [6.07, 6.45) is 8.98. The summed E-state index contributed by atoms with van der Waals surface area (Å²) in [4.78, 5) is 3.95. The molecule has 0 bridgehead atoms. The van der Waals surface area contributed by atoms with Crippen LogP contribution in [0.1, 0.15) is 0 Å². The molecule has 0 N–H and O–H groups in total. The Morgan fingerprint density at radius 1 is 1.36 bits per heavy atom. The normalized spacial score (nSPS) is 9.73. The second kappa shape index (κ2) is 2.10. The minimum absolute atomic E-state index is 0.994. The van der Waals surface area contributed by atoms with Crippen molar-refractivity contribution in [3.05, 3.63) is 30.9 Å². The van der Waals surface area contributed by atoms with Gasteiger partial charge in [-0.05, 0) is 6.07 Å². The van der Waals surface area contributed by atoms with Gasteiger partial charge in [0.2, 0.25) is 0 Å². The molecule has 0 aromatic heterocycles. The van der Waals surface area contributed by atoms with Crippen molar-refractivity contribution in [2.45, 2.75) is 0 Å². The number of nitriles is 1. The SMILES string of the molecule is N#Cn1ccc2cncc-2c1. The van der Waals surface area contributed by atoms with Gasteiger partial charge >= 0.3 is 0 Å². The topological polar surface area (TPSA) is 41.6 Å². The highest BCUT2D eigenvalue weighted by Gasteiger charge is 2.01. The third-order valence-electron chi connectivity index (χ3n) is 1.57. The molecule has 0 aliphatic carbocycles. The summed E-state index contributed by atoms with van der Waals surface area (Å²) < 4.78 is 1.45. The van der Waals surface area contributed by atoms with Crippen molar-refractivity contribution in [2.24, 2.45) is 0 Å². The Kier molecular flexibility index (Phi) is 1.13. The summed E-state index contributed by atoms with van der Waals surface area (Å²) in [5.74, 6) is 0. The van der Waals surface area contributed by atoms with Gasteiger partial charge in [0.1, 0.15) is 0 Å². The molecule has 0 fully saturated rings. The number of pyridine rings is 1. The van der Waals surface area contributed by atoms with E-state index in [1.807, 2.05) is 12.3 Å². The third-order valence-corrected chi connectivity index (χ3v) is 1.57. The fourth-order valence-electron chi connectivity index (χ4n) is 1.01. The lowest BCUT2D eigenvalue weighted by Gasteiger charge is -1.97. The molecule has 0 aromatic rings. The zero-order valence-electron chi connectivity index (χ0n) is 5.73. The minimum atomic E-state index is 0.994. The maximum Gasteiger partial charge on any atom is 0.188 e. The van der Waals surface area contributed by atoms with E-state index in [9.17, 15) is 0 Å². The molecule has 0 aromatic carbocycles. The summed E-state index contributed by atoms with van der Waals surface area (Å²) in [7, 11) is 0. The van der Waals surface area contributed by atoms with E-state index >= 15 is 0 Å². The van der Waals surface area contributed by atoms with E-state index < -0.39 is 0 Å². The van der Waals surface area contributed by atoms with Gasteiger partial charge in [-0.1, -0.05) is 0 Å². The van der Waals surface area contributed by atoms with Gasteiger partial charge in [-0.15, -0.1) is 0 Å². The van der Waals surface area contributed by atoms with E-state index in [-0.39, 0.29) is 0 Å². The zero-order chi connectivity index (χ0) is 7.68. The van der Waals surface area contributed by atoms with Crippen LogP contribution in [0.5, 0.6) is 0 Å². The molecule has 0 saturated heterocycles. The lowest BCUT2D eigenvalue weighted by Crippen LogP contribution is -1.88. The van der Waals surface area contributed by atoms with Crippen molar-refractivity contribution in [3.63, 3.8) is 0 Å². The highest BCUT2D eigenvalue weighted by atomic mass is 14.9. The number of aromatic nitrogens is 2.